The fraction of sp³-hybridized carbons (Fsp3) is 0.312. The van der Waals surface area contributed by atoms with E-state index in [1.165, 1.54) is 18.4 Å². The number of methoxy groups -OCH3 is 1. The number of aromatic nitrogens is 4. The van der Waals surface area contributed by atoms with Crippen LogP contribution in [-0.4, -0.2) is 26.6 Å². The van der Waals surface area contributed by atoms with Gasteiger partial charge in [-0.3, -0.25) is 0 Å². The van der Waals surface area contributed by atoms with Crippen LogP contribution in [0.3, 0.4) is 0 Å². The van der Waals surface area contributed by atoms with E-state index < -0.39 is 0 Å². The molecule has 0 amide bonds. The van der Waals surface area contributed by atoms with Crippen LogP contribution < -0.4 is 4.74 Å². The Morgan fingerprint density at radius 3 is 2.71 bits per heavy atom. The maximum Gasteiger partial charge on any atom is 0.245 e. The normalized spacial score (nSPS) is 14.5. The standard InChI is InChI=1S/C16H16N4O/c1-21-16-13-15(17-10-18-16)20(14(19-13)12-7-8-12)9-11-5-3-2-4-6-11/h2-6,10,12H,7-9H2,1H3. The van der Waals surface area contributed by atoms with Crippen molar-refractivity contribution in [3.63, 3.8) is 0 Å². The summed E-state index contributed by atoms with van der Waals surface area (Å²) >= 11 is 0. The molecule has 1 fully saturated rings. The maximum atomic E-state index is 5.32. The molecule has 1 saturated carbocycles. The summed E-state index contributed by atoms with van der Waals surface area (Å²) in [7, 11) is 1.62. The summed E-state index contributed by atoms with van der Waals surface area (Å²) in [5.74, 6) is 2.20. The van der Waals surface area contributed by atoms with Crippen molar-refractivity contribution < 1.29 is 4.74 Å². The second-order valence-corrected chi connectivity index (χ2v) is 5.37. The molecule has 3 aromatic rings. The van der Waals surface area contributed by atoms with Gasteiger partial charge in [0.25, 0.3) is 0 Å². The van der Waals surface area contributed by atoms with Gasteiger partial charge in [-0.15, -0.1) is 0 Å². The zero-order valence-electron chi connectivity index (χ0n) is 11.9. The Morgan fingerprint density at radius 2 is 2.00 bits per heavy atom. The molecule has 106 valence electrons. The summed E-state index contributed by atoms with van der Waals surface area (Å²) in [4.78, 5) is 13.3. The van der Waals surface area contributed by atoms with Gasteiger partial charge in [0.1, 0.15) is 12.2 Å². The van der Waals surface area contributed by atoms with Gasteiger partial charge in [0, 0.05) is 5.92 Å². The van der Waals surface area contributed by atoms with Crippen LogP contribution in [0.25, 0.3) is 11.2 Å². The molecule has 0 spiro atoms. The zero-order chi connectivity index (χ0) is 14.2. The first-order chi connectivity index (χ1) is 10.4. The van der Waals surface area contributed by atoms with Crippen molar-refractivity contribution in [3.05, 3.63) is 48.0 Å². The first-order valence-corrected chi connectivity index (χ1v) is 7.16. The Hall–Kier alpha value is -2.43. The predicted octanol–water partition coefficient (Wildman–Crippen LogP) is 2.76. The van der Waals surface area contributed by atoms with E-state index in [1.54, 1.807) is 13.4 Å². The zero-order valence-corrected chi connectivity index (χ0v) is 11.9. The summed E-state index contributed by atoms with van der Waals surface area (Å²) in [5, 5.41) is 0. The van der Waals surface area contributed by atoms with E-state index in [4.69, 9.17) is 9.72 Å². The highest BCUT2D eigenvalue weighted by Gasteiger charge is 2.30. The molecule has 2 aromatic heterocycles. The Morgan fingerprint density at radius 1 is 1.19 bits per heavy atom. The first kappa shape index (κ1) is 12.3. The third-order valence-corrected chi connectivity index (χ3v) is 3.85. The van der Waals surface area contributed by atoms with E-state index in [0.29, 0.717) is 11.8 Å². The fourth-order valence-corrected chi connectivity index (χ4v) is 2.66. The summed E-state index contributed by atoms with van der Waals surface area (Å²) in [6.07, 6.45) is 3.95. The predicted molar refractivity (Wildman–Crippen MR) is 79.4 cm³/mol. The number of nitrogens with zero attached hydrogens (tertiary/aromatic N) is 4. The van der Waals surface area contributed by atoms with E-state index in [-0.39, 0.29) is 0 Å². The molecule has 0 N–H and O–H groups in total. The lowest BCUT2D eigenvalue weighted by molar-refractivity contribution is 0.401. The fourth-order valence-electron chi connectivity index (χ4n) is 2.66. The Kier molecular flexibility index (Phi) is 2.84. The maximum absolute atomic E-state index is 5.32. The van der Waals surface area contributed by atoms with Crippen molar-refractivity contribution in [2.24, 2.45) is 0 Å². The lowest BCUT2D eigenvalue weighted by Crippen LogP contribution is -2.05. The van der Waals surface area contributed by atoms with Crippen LogP contribution in [0.1, 0.15) is 30.1 Å². The highest BCUT2D eigenvalue weighted by molar-refractivity contribution is 5.77. The average molecular weight is 280 g/mol. The minimum absolute atomic E-state index is 0.549. The topological polar surface area (TPSA) is 52.8 Å². The average Bonchev–Trinajstić information content (AvgIpc) is 3.31. The van der Waals surface area contributed by atoms with Crippen LogP contribution in [0.5, 0.6) is 5.88 Å². The molecule has 1 aliphatic carbocycles. The molecule has 0 radical (unpaired) electrons. The number of benzene rings is 1. The van der Waals surface area contributed by atoms with Gasteiger partial charge >= 0.3 is 0 Å². The van der Waals surface area contributed by atoms with Crippen LogP contribution in [0.4, 0.5) is 0 Å². The molecular formula is C16H16N4O. The summed E-state index contributed by atoms with van der Waals surface area (Å²) in [6, 6.07) is 10.4. The second-order valence-electron chi connectivity index (χ2n) is 5.37. The second kappa shape index (κ2) is 4.84. The molecular weight excluding hydrogens is 264 g/mol. The molecule has 5 heteroatoms. The number of hydrogen-bond acceptors (Lipinski definition) is 4. The molecule has 5 nitrogen and oxygen atoms in total. The van der Waals surface area contributed by atoms with Crippen LogP contribution in [0, 0.1) is 0 Å². The summed E-state index contributed by atoms with van der Waals surface area (Å²) in [6.45, 7) is 0.781. The molecule has 0 aliphatic heterocycles. The molecule has 0 saturated heterocycles. The van der Waals surface area contributed by atoms with Crippen molar-refractivity contribution in [2.45, 2.75) is 25.3 Å². The van der Waals surface area contributed by atoms with Crippen molar-refractivity contribution >= 4 is 11.2 Å². The largest absolute Gasteiger partial charge is 0.479 e. The Balaban J connectivity index is 1.87. The van der Waals surface area contributed by atoms with E-state index in [9.17, 15) is 0 Å². The monoisotopic (exact) mass is 280 g/mol. The lowest BCUT2D eigenvalue weighted by Gasteiger charge is -2.08. The van der Waals surface area contributed by atoms with Crippen LogP contribution in [0.15, 0.2) is 36.7 Å². The quantitative estimate of drug-likeness (QED) is 0.737. The third kappa shape index (κ3) is 2.14. The minimum atomic E-state index is 0.549. The number of imidazole rings is 1. The number of rotatable bonds is 4. The molecule has 0 bridgehead atoms. The van der Waals surface area contributed by atoms with E-state index in [0.717, 1.165) is 23.5 Å². The van der Waals surface area contributed by atoms with Crippen molar-refractivity contribution in [3.8, 4) is 5.88 Å². The van der Waals surface area contributed by atoms with Crippen molar-refractivity contribution in [1.29, 1.82) is 0 Å². The molecule has 2 heterocycles. The van der Waals surface area contributed by atoms with Crippen molar-refractivity contribution in [2.75, 3.05) is 7.11 Å². The summed E-state index contributed by atoms with van der Waals surface area (Å²) < 4.78 is 7.52. The van der Waals surface area contributed by atoms with Crippen molar-refractivity contribution in [1.82, 2.24) is 19.5 Å². The highest BCUT2D eigenvalue weighted by Crippen LogP contribution is 2.41. The molecule has 0 atom stereocenters. The summed E-state index contributed by atoms with van der Waals surface area (Å²) in [5.41, 5.74) is 2.86. The lowest BCUT2D eigenvalue weighted by atomic mass is 10.2. The van der Waals surface area contributed by atoms with Gasteiger partial charge < -0.3 is 9.30 Å². The molecule has 0 unspecified atom stereocenters. The van der Waals surface area contributed by atoms with Gasteiger partial charge in [-0.2, -0.15) is 4.98 Å². The molecule has 21 heavy (non-hydrogen) atoms. The Labute approximate surface area is 122 Å². The van der Waals surface area contributed by atoms with Gasteiger partial charge in [-0.05, 0) is 18.4 Å². The Bertz CT molecular complexity index is 778. The van der Waals surface area contributed by atoms with E-state index >= 15 is 0 Å². The highest BCUT2D eigenvalue weighted by atomic mass is 16.5. The third-order valence-electron chi connectivity index (χ3n) is 3.85. The molecule has 1 aromatic carbocycles. The van der Waals surface area contributed by atoms with Gasteiger partial charge in [0.2, 0.25) is 5.88 Å². The molecule has 4 rings (SSSR count). The molecule has 1 aliphatic rings. The van der Waals surface area contributed by atoms with Crippen LogP contribution in [0.2, 0.25) is 0 Å². The number of fused-ring (bicyclic) bond motifs is 1. The minimum Gasteiger partial charge on any atom is -0.479 e. The van der Waals surface area contributed by atoms with Crippen LogP contribution in [-0.2, 0) is 6.54 Å². The van der Waals surface area contributed by atoms with Gasteiger partial charge in [-0.1, -0.05) is 30.3 Å². The first-order valence-electron chi connectivity index (χ1n) is 7.16. The number of ether oxygens (including phenoxy) is 1. The van der Waals surface area contributed by atoms with Crippen LogP contribution >= 0.6 is 0 Å². The van der Waals surface area contributed by atoms with E-state index in [2.05, 4.69) is 38.8 Å². The SMILES string of the molecule is COc1ncnc2c1nc(C1CC1)n2Cc1ccccc1. The van der Waals surface area contributed by atoms with E-state index in [1.807, 2.05) is 6.07 Å². The van der Waals surface area contributed by atoms with Gasteiger partial charge in [0.15, 0.2) is 11.2 Å². The van der Waals surface area contributed by atoms with Gasteiger partial charge in [0.05, 0.1) is 13.7 Å². The smallest absolute Gasteiger partial charge is 0.245 e. The van der Waals surface area contributed by atoms with Gasteiger partial charge in [-0.25, -0.2) is 9.97 Å². The number of hydrogen-bond donors (Lipinski definition) is 0.